The van der Waals surface area contributed by atoms with Crippen LogP contribution in [0.25, 0.3) is 5.65 Å². The number of halogens is 3. The third-order valence-electron chi connectivity index (χ3n) is 6.00. The molecule has 2 aromatic heterocycles. The van der Waals surface area contributed by atoms with E-state index >= 15 is 0 Å². The molecule has 3 heterocycles. The molecule has 3 aromatic rings. The lowest BCUT2D eigenvalue weighted by Gasteiger charge is -2.31. The molecule has 9 heteroatoms. The van der Waals surface area contributed by atoms with Crippen molar-refractivity contribution in [2.24, 2.45) is 0 Å². The normalized spacial score (nSPS) is 17.6. The van der Waals surface area contributed by atoms with Crippen LogP contribution in [-0.2, 0) is 17.4 Å². The summed E-state index contributed by atoms with van der Waals surface area (Å²) in [6.45, 7) is 5.53. The molecule has 0 radical (unpaired) electrons. The van der Waals surface area contributed by atoms with Crippen molar-refractivity contribution < 1.29 is 18.0 Å². The highest BCUT2D eigenvalue weighted by Gasteiger charge is 2.32. The largest absolute Gasteiger partial charge is 0.417 e. The van der Waals surface area contributed by atoms with Gasteiger partial charge in [0.2, 0.25) is 5.91 Å². The van der Waals surface area contributed by atoms with Gasteiger partial charge in [-0.1, -0.05) is 25.1 Å². The Balaban J connectivity index is 1.48. The molecule has 0 bridgehead atoms. The first-order valence-electron chi connectivity index (χ1n) is 10.8. The van der Waals surface area contributed by atoms with Crippen molar-refractivity contribution in [3.63, 3.8) is 0 Å². The number of carbonyl (C=O) groups is 1. The summed E-state index contributed by atoms with van der Waals surface area (Å²) in [7, 11) is 0. The summed E-state index contributed by atoms with van der Waals surface area (Å²) in [4.78, 5) is 14.8. The number of anilines is 1. The lowest BCUT2D eigenvalue weighted by atomic mass is 9.97. The number of aromatic nitrogens is 3. The second-order valence-corrected chi connectivity index (χ2v) is 8.29. The number of carbonyl (C=O) groups excluding carboxylic acids is 1. The van der Waals surface area contributed by atoms with E-state index < -0.39 is 11.7 Å². The summed E-state index contributed by atoms with van der Waals surface area (Å²) < 4.78 is 40.9. The van der Waals surface area contributed by atoms with Gasteiger partial charge in [-0.25, -0.2) is 0 Å². The molecule has 1 fully saturated rings. The van der Waals surface area contributed by atoms with Gasteiger partial charge >= 0.3 is 6.18 Å². The number of rotatable bonds is 5. The zero-order chi connectivity index (χ0) is 22.9. The summed E-state index contributed by atoms with van der Waals surface area (Å²) in [5.41, 5.74) is 2.61. The third-order valence-corrected chi connectivity index (χ3v) is 6.00. The zero-order valence-electron chi connectivity index (χ0n) is 18.1. The van der Waals surface area contributed by atoms with E-state index in [4.69, 9.17) is 0 Å². The van der Waals surface area contributed by atoms with Gasteiger partial charge in [0, 0.05) is 24.3 Å². The maximum absolute atomic E-state index is 13.2. The molecule has 32 heavy (non-hydrogen) atoms. The maximum Gasteiger partial charge on any atom is 0.417 e. The van der Waals surface area contributed by atoms with E-state index in [-0.39, 0.29) is 18.4 Å². The molecule has 6 nitrogen and oxygen atoms in total. The van der Waals surface area contributed by atoms with Crippen LogP contribution in [0.3, 0.4) is 0 Å². The number of amides is 1. The van der Waals surface area contributed by atoms with Crippen LogP contribution >= 0.6 is 0 Å². The molecular weight excluding hydrogens is 419 g/mol. The average molecular weight is 445 g/mol. The zero-order valence-corrected chi connectivity index (χ0v) is 18.1. The fraction of sp³-hybridized carbons (Fsp3) is 0.435. The predicted molar refractivity (Wildman–Crippen MR) is 116 cm³/mol. The Morgan fingerprint density at radius 3 is 2.78 bits per heavy atom. The van der Waals surface area contributed by atoms with E-state index in [1.807, 2.05) is 36.9 Å². The topological polar surface area (TPSA) is 62.5 Å². The Hall–Kier alpha value is -2.94. The summed E-state index contributed by atoms with van der Waals surface area (Å²) in [6.07, 6.45) is -0.938. The number of nitrogens with zero attached hydrogens (tertiary/aromatic N) is 4. The molecular formula is C23H26F3N5O. The van der Waals surface area contributed by atoms with E-state index in [1.165, 1.54) is 10.5 Å². The average Bonchev–Trinajstić information content (AvgIpc) is 3.18. The van der Waals surface area contributed by atoms with Gasteiger partial charge in [-0.3, -0.25) is 14.1 Å². The SMILES string of the molecule is CCc1cccc(C)c1NC(=O)CN1CCCC(c2nnc3ccc(C(F)(F)F)cn23)C1. The van der Waals surface area contributed by atoms with Crippen molar-refractivity contribution >= 4 is 17.2 Å². The fourth-order valence-corrected chi connectivity index (χ4v) is 4.35. The van der Waals surface area contributed by atoms with Crippen molar-refractivity contribution in [3.05, 3.63) is 59.0 Å². The Bertz CT molecular complexity index is 1120. The highest BCUT2D eigenvalue weighted by molar-refractivity contribution is 5.93. The van der Waals surface area contributed by atoms with Gasteiger partial charge in [0.15, 0.2) is 5.65 Å². The Kier molecular flexibility index (Phi) is 6.19. The van der Waals surface area contributed by atoms with Crippen LogP contribution in [0.2, 0.25) is 0 Å². The summed E-state index contributed by atoms with van der Waals surface area (Å²) in [5, 5.41) is 11.3. The van der Waals surface area contributed by atoms with Crippen molar-refractivity contribution in [1.82, 2.24) is 19.5 Å². The van der Waals surface area contributed by atoms with Crippen LogP contribution in [0.15, 0.2) is 36.5 Å². The van der Waals surface area contributed by atoms with E-state index in [0.717, 1.165) is 54.9 Å². The molecule has 0 aliphatic carbocycles. The second-order valence-electron chi connectivity index (χ2n) is 8.29. The number of piperidine rings is 1. The van der Waals surface area contributed by atoms with Gasteiger partial charge in [0.25, 0.3) is 0 Å². The fourth-order valence-electron chi connectivity index (χ4n) is 4.35. The quantitative estimate of drug-likeness (QED) is 0.631. The smallest absolute Gasteiger partial charge is 0.324 e. The molecule has 170 valence electrons. The highest BCUT2D eigenvalue weighted by atomic mass is 19.4. The second kappa shape index (κ2) is 8.90. The molecule has 4 rings (SSSR count). The number of fused-ring (bicyclic) bond motifs is 1. The van der Waals surface area contributed by atoms with Crippen LogP contribution in [0.1, 0.15) is 48.2 Å². The molecule has 1 aromatic carbocycles. The summed E-state index contributed by atoms with van der Waals surface area (Å²) >= 11 is 0. The van der Waals surface area contributed by atoms with Gasteiger partial charge in [0.1, 0.15) is 5.82 Å². The number of alkyl halides is 3. The first kappa shape index (κ1) is 22.3. The van der Waals surface area contributed by atoms with Crippen molar-refractivity contribution in [2.75, 3.05) is 25.0 Å². The molecule has 1 N–H and O–H groups in total. The minimum Gasteiger partial charge on any atom is -0.324 e. The lowest BCUT2D eigenvalue weighted by Crippen LogP contribution is -2.40. The molecule has 1 aliphatic heterocycles. The van der Waals surface area contributed by atoms with Crippen LogP contribution in [-0.4, -0.2) is 45.0 Å². The lowest BCUT2D eigenvalue weighted by molar-refractivity contribution is -0.137. The van der Waals surface area contributed by atoms with E-state index in [1.54, 1.807) is 0 Å². The number of hydrogen-bond acceptors (Lipinski definition) is 4. The molecule has 1 amide bonds. The van der Waals surface area contributed by atoms with E-state index in [2.05, 4.69) is 15.5 Å². The van der Waals surface area contributed by atoms with Crippen LogP contribution < -0.4 is 5.32 Å². The standard InChI is InChI=1S/C23H26F3N5O/c1-3-16-7-4-6-15(2)21(16)27-20(32)14-30-11-5-8-17(12-30)22-29-28-19-10-9-18(13-31(19)22)23(24,25)26/h4,6-7,9-10,13,17H,3,5,8,11-12,14H2,1-2H3,(H,27,32). The Labute approximate surface area is 184 Å². The number of benzene rings is 1. The van der Waals surface area contributed by atoms with E-state index in [0.29, 0.717) is 18.0 Å². The molecule has 1 saturated heterocycles. The number of aryl methyl sites for hydroxylation is 2. The van der Waals surface area contributed by atoms with Crippen LogP contribution in [0, 0.1) is 6.92 Å². The predicted octanol–water partition coefficient (Wildman–Crippen LogP) is 4.44. The number of para-hydroxylation sites is 1. The summed E-state index contributed by atoms with van der Waals surface area (Å²) in [6, 6.07) is 8.30. The highest BCUT2D eigenvalue weighted by Crippen LogP contribution is 2.31. The number of hydrogen-bond donors (Lipinski definition) is 1. The number of likely N-dealkylation sites (tertiary alicyclic amines) is 1. The monoisotopic (exact) mass is 445 g/mol. The van der Waals surface area contributed by atoms with E-state index in [9.17, 15) is 18.0 Å². The first-order valence-corrected chi connectivity index (χ1v) is 10.8. The minimum atomic E-state index is -4.43. The number of pyridine rings is 1. The van der Waals surface area contributed by atoms with Crippen molar-refractivity contribution in [3.8, 4) is 0 Å². The van der Waals surface area contributed by atoms with Crippen LogP contribution in [0.5, 0.6) is 0 Å². The first-order chi connectivity index (χ1) is 15.3. The van der Waals surface area contributed by atoms with Crippen molar-refractivity contribution in [2.45, 2.75) is 45.2 Å². The van der Waals surface area contributed by atoms with Gasteiger partial charge in [0.05, 0.1) is 12.1 Å². The molecule has 1 aliphatic rings. The molecule has 0 spiro atoms. The molecule has 0 saturated carbocycles. The Morgan fingerprint density at radius 2 is 2.03 bits per heavy atom. The third kappa shape index (κ3) is 4.62. The molecule has 1 atom stereocenters. The van der Waals surface area contributed by atoms with Gasteiger partial charge in [-0.15, -0.1) is 10.2 Å². The minimum absolute atomic E-state index is 0.0971. The van der Waals surface area contributed by atoms with Crippen LogP contribution in [0.4, 0.5) is 18.9 Å². The molecule has 1 unspecified atom stereocenters. The van der Waals surface area contributed by atoms with Gasteiger partial charge in [-0.05, 0) is 56.0 Å². The maximum atomic E-state index is 13.2. The van der Waals surface area contributed by atoms with Gasteiger partial charge < -0.3 is 5.32 Å². The van der Waals surface area contributed by atoms with Crippen molar-refractivity contribution in [1.29, 1.82) is 0 Å². The number of nitrogens with one attached hydrogen (secondary N) is 1. The summed E-state index contributed by atoms with van der Waals surface area (Å²) in [5.74, 6) is 0.309. The van der Waals surface area contributed by atoms with Gasteiger partial charge in [-0.2, -0.15) is 13.2 Å². The Morgan fingerprint density at radius 1 is 1.22 bits per heavy atom.